The fraction of sp³-hybridized carbons (Fsp3) is 0.409. The molecule has 0 spiro atoms. The molecule has 1 fully saturated rings. The predicted octanol–water partition coefficient (Wildman–Crippen LogP) is 3.87. The van der Waals surface area contributed by atoms with Crippen LogP contribution in [0.3, 0.4) is 0 Å². The average molecular weight is 382 g/mol. The minimum atomic E-state index is -0.0110. The summed E-state index contributed by atoms with van der Waals surface area (Å²) in [4.78, 5) is 17.0. The monoisotopic (exact) mass is 381 g/mol. The summed E-state index contributed by atoms with van der Waals surface area (Å²) >= 11 is 2.05. The van der Waals surface area contributed by atoms with Gasteiger partial charge in [-0.2, -0.15) is 11.8 Å². The van der Waals surface area contributed by atoms with Gasteiger partial charge in [-0.25, -0.2) is 4.79 Å². The van der Waals surface area contributed by atoms with Gasteiger partial charge in [-0.05, 0) is 41.7 Å². The Morgan fingerprint density at radius 3 is 2.48 bits per heavy atom. The Kier molecular flexibility index (Phi) is 6.00. The van der Waals surface area contributed by atoms with Gasteiger partial charge in [-0.15, -0.1) is 0 Å². The number of hydrogen-bond donors (Lipinski definition) is 1. The molecule has 5 heteroatoms. The molecule has 0 radical (unpaired) electrons. The SMILES string of the molecule is O=C(Nc1ccc(CCN2CCSCC2)cc1)N1CCc2ccccc2C1. The minimum Gasteiger partial charge on any atom is -0.320 e. The zero-order valence-electron chi connectivity index (χ0n) is 15.7. The number of fused-ring (bicyclic) bond motifs is 1. The Labute approximate surface area is 165 Å². The maximum absolute atomic E-state index is 12.6. The van der Waals surface area contributed by atoms with Gasteiger partial charge in [0.05, 0.1) is 0 Å². The second-order valence-electron chi connectivity index (χ2n) is 7.27. The molecule has 27 heavy (non-hydrogen) atoms. The van der Waals surface area contributed by atoms with Crippen LogP contribution in [0.25, 0.3) is 0 Å². The van der Waals surface area contributed by atoms with Crippen LogP contribution in [0.2, 0.25) is 0 Å². The van der Waals surface area contributed by atoms with E-state index in [-0.39, 0.29) is 6.03 Å². The molecule has 0 aliphatic carbocycles. The molecule has 2 amide bonds. The van der Waals surface area contributed by atoms with Gasteiger partial charge >= 0.3 is 6.03 Å². The number of carbonyl (C=O) groups is 1. The summed E-state index contributed by atoms with van der Waals surface area (Å²) in [7, 11) is 0. The highest BCUT2D eigenvalue weighted by Gasteiger charge is 2.20. The fourth-order valence-electron chi connectivity index (χ4n) is 3.74. The molecule has 0 saturated carbocycles. The van der Waals surface area contributed by atoms with Crippen LogP contribution in [-0.4, -0.2) is 53.5 Å². The van der Waals surface area contributed by atoms with E-state index in [4.69, 9.17) is 0 Å². The predicted molar refractivity (Wildman–Crippen MR) is 113 cm³/mol. The number of anilines is 1. The summed E-state index contributed by atoms with van der Waals surface area (Å²) in [5, 5.41) is 3.05. The lowest BCUT2D eigenvalue weighted by Crippen LogP contribution is -2.38. The van der Waals surface area contributed by atoms with Crippen molar-refractivity contribution in [2.45, 2.75) is 19.4 Å². The maximum Gasteiger partial charge on any atom is 0.322 e. The summed E-state index contributed by atoms with van der Waals surface area (Å²) in [6, 6.07) is 16.7. The number of urea groups is 1. The largest absolute Gasteiger partial charge is 0.322 e. The topological polar surface area (TPSA) is 35.6 Å². The molecule has 2 aliphatic rings. The number of thioether (sulfide) groups is 1. The fourth-order valence-corrected chi connectivity index (χ4v) is 4.72. The highest BCUT2D eigenvalue weighted by molar-refractivity contribution is 7.99. The quantitative estimate of drug-likeness (QED) is 0.873. The Bertz CT molecular complexity index is 771. The molecule has 4 rings (SSSR count). The van der Waals surface area contributed by atoms with Crippen LogP contribution < -0.4 is 5.32 Å². The number of nitrogens with zero attached hydrogens (tertiary/aromatic N) is 2. The Morgan fingerprint density at radius 2 is 1.70 bits per heavy atom. The van der Waals surface area contributed by atoms with Crippen LogP contribution in [0.5, 0.6) is 0 Å². The first-order valence-electron chi connectivity index (χ1n) is 9.80. The number of nitrogens with one attached hydrogen (secondary N) is 1. The summed E-state index contributed by atoms with van der Waals surface area (Å²) < 4.78 is 0. The van der Waals surface area contributed by atoms with Gasteiger partial charge in [0.15, 0.2) is 0 Å². The molecule has 0 bridgehead atoms. The average Bonchev–Trinajstić information content (AvgIpc) is 2.73. The first-order valence-corrected chi connectivity index (χ1v) is 11.0. The third-order valence-corrected chi connectivity index (χ3v) is 6.39. The van der Waals surface area contributed by atoms with Crippen molar-refractivity contribution in [2.75, 3.05) is 43.0 Å². The Hall–Kier alpha value is -1.98. The van der Waals surface area contributed by atoms with Crippen molar-refractivity contribution in [2.24, 2.45) is 0 Å². The van der Waals surface area contributed by atoms with E-state index in [2.05, 4.69) is 52.3 Å². The van der Waals surface area contributed by atoms with Gasteiger partial charge in [0.2, 0.25) is 0 Å². The molecule has 2 heterocycles. The standard InChI is InChI=1S/C22H27N3OS/c26-22(25-12-10-19-3-1-2-4-20(19)17-25)23-21-7-5-18(6-8-21)9-11-24-13-15-27-16-14-24/h1-8H,9-17H2,(H,23,26). The van der Waals surface area contributed by atoms with E-state index in [1.807, 2.05) is 23.1 Å². The van der Waals surface area contributed by atoms with E-state index in [9.17, 15) is 4.79 Å². The van der Waals surface area contributed by atoms with Crippen LogP contribution in [0, 0.1) is 0 Å². The van der Waals surface area contributed by atoms with E-state index in [1.165, 1.54) is 41.3 Å². The molecule has 0 unspecified atom stereocenters. The smallest absolute Gasteiger partial charge is 0.320 e. The summed E-state index contributed by atoms with van der Waals surface area (Å²) in [6.07, 6.45) is 2.00. The Morgan fingerprint density at radius 1 is 0.963 bits per heavy atom. The van der Waals surface area contributed by atoms with Gasteiger partial charge < -0.3 is 15.1 Å². The van der Waals surface area contributed by atoms with Gasteiger partial charge in [0, 0.05) is 49.9 Å². The highest BCUT2D eigenvalue weighted by Crippen LogP contribution is 2.20. The van der Waals surface area contributed by atoms with Crippen LogP contribution in [0.1, 0.15) is 16.7 Å². The van der Waals surface area contributed by atoms with E-state index in [0.29, 0.717) is 6.54 Å². The molecular weight excluding hydrogens is 354 g/mol. The van der Waals surface area contributed by atoms with Gasteiger partial charge in [-0.1, -0.05) is 36.4 Å². The lowest BCUT2D eigenvalue weighted by Gasteiger charge is -2.29. The van der Waals surface area contributed by atoms with E-state index in [0.717, 1.165) is 31.6 Å². The lowest BCUT2D eigenvalue weighted by atomic mass is 10.0. The second-order valence-corrected chi connectivity index (χ2v) is 8.50. The molecule has 1 N–H and O–H groups in total. The molecular formula is C22H27N3OS. The van der Waals surface area contributed by atoms with Gasteiger partial charge in [-0.3, -0.25) is 0 Å². The summed E-state index contributed by atoms with van der Waals surface area (Å²) in [5.41, 5.74) is 4.82. The normalized spacial score (nSPS) is 17.4. The van der Waals surface area contributed by atoms with Crippen LogP contribution in [-0.2, 0) is 19.4 Å². The van der Waals surface area contributed by atoms with Crippen molar-refractivity contribution in [3.63, 3.8) is 0 Å². The second kappa shape index (κ2) is 8.81. The number of carbonyl (C=O) groups excluding carboxylic acids is 1. The van der Waals surface area contributed by atoms with Crippen molar-refractivity contribution in [3.8, 4) is 0 Å². The number of benzene rings is 2. The number of rotatable bonds is 4. The third-order valence-electron chi connectivity index (χ3n) is 5.44. The zero-order chi connectivity index (χ0) is 18.5. The van der Waals surface area contributed by atoms with Crippen molar-refractivity contribution in [3.05, 3.63) is 65.2 Å². The first kappa shape index (κ1) is 18.4. The highest BCUT2D eigenvalue weighted by atomic mass is 32.2. The summed E-state index contributed by atoms with van der Waals surface area (Å²) in [5.74, 6) is 2.51. The van der Waals surface area contributed by atoms with E-state index in [1.54, 1.807) is 0 Å². The number of hydrogen-bond acceptors (Lipinski definition) is 3. The number of amides is 2. The lowest BCUT2D eigenvalue weighted by molar-refractivity contribution is 0.206. The third kappa shape index (κ3) is 4.85. The summed E-state index contributed by atoms with van der Waals surface area (Å²) in [6.45, 7) is 5.00. The van der Waals surface area contributed by atoms with Crippen LogP contribution in [0.15, 0.2) is 48.5 Å². The Balaban J connectivity index is 1.28. The van der Waals surface area contributed by atoms with E-state index >= 15 is 0 Å². The molecule has 4 nitrogen and oxygen atoms in total. The van der Waals surface area contributed by atoms with Crippen molar-refractivity contribution >= 4 is 23.5 Å². The molecule has 2 aromatic carbocycles. The van der Waals surface area contributed by atoms with Crippen molar-refractivity contribution < 1.29 is 4.79 Å². The first-order chi connectivity index (χ1) is 13.3. The molecule has 0 atom stereocenters. The van der Waals surface area contributed by atoms with E-state index < -0.39 is 0 Å². The molecule has 1 saturated heterocycles. The molecule has 2 aromatic rings. The molecule has 2 aliphatic heterocycles. The zero-order valence-corrected chi connectivity index (χ0v) is 16.5. The molecule has 0 aromatic heterocycles. The maximum atomic E-state index is 12.6. The van der Waals surface area contributed by atoms with Crippen LogP contribution in [0.4, 0.5) is 10.5 Å². The van der Waals surface area contributed by atoms with Crippen LogP contribution >= 0.6 is 11.8 Å². The van der Waals surface area contributed by atoms with Crippen molar-refractivity contribution in [1.29, 1.82) is 0 Å². The minimum absolute atomic E-state index is 0.0110. The van der Waals surface area contributed by atoms with Gasteiger partial charge in [0.1, 0.15) is 0 Å². The van der Waals surface area contributed by atoms with Gasteiger partial charge in [0.25, 0.3) is 0 Å². The van der Waals surface area contributed by atoms with Crippen molar-refractivity contribution in [1.82, 2.24) is 9.80 Å². The molecule has 142 valence electrons.